The molecule has 0 spiro atoms. The number of aromatic nitrogens is 4. The third-order valence-corrected chi connectivity index (χ3v) is 7.41. The van der Waals surface area contributed by atoms with Crippen molar-refractivity contribution >= 4 is 9.73 Å². The summed E-state index contributed by atoms with van der Waals surface area (Å²) in [6.07, 6.45) is 7.43. The van der Waals surface area contributed by atoms with Gasteiger partial charge in [0.1, 0.15) is 11.6 Å². The Morgan fingerprint density at radius 2 is 1.73 bits per heavy atom. The smallest absolute Gasteiger partial charge is 0.310 e. The van der Waals surface area contributed by atoms with E-state index >= 15 is 0 Å². The van der Waals surface area contributed by atoms with E-state index in [0.717, 1.165) is 29.8 Å². The molecule has 0 amide bonds. The van der Waals surface area contributed by atoms with Gasteiger partial charge in [-0.3, -0.25) is 13.3 Å². The Hall–Kier alpha value is -3.50. The Morgan fingerprint density at radius 3 is 2.38 bits per heavy atom. The molecule has 3 heterocycles. The van der Waals surface area contributed by atoms with Gasteiger partial charge in [-0.2, -0.15) is 5.10 Å². The van der Waals surface area contributed by atoms with E-state index in [2.05, 4.69) is 16.6 Å². The maximum Gasteiger partial charge on any atom is 0.338 e. The minimum absolute atomic E-state index is 0.000760. The lowest BCUT2D eigenvalue weighted by Gasteiger charge is -2.21. The molecule has 0 fully saturated rings. The van der Waals surface area contributed by atoms with Gasteiger partial charge < -0.3 is 5.32 Å². The summed E-state index contributed by atoms with van der Waals surface area (Å²) < 4.78 is 35.4. The van der Waals surface area contributed by atoms with Gasteiger partial charge in [-0.15, -0.1) is 0 Å². The van der Waals surface area contributed by atoms with Crippen LogP contribution in [0.15, 0.2) is 57.9 Å². The van der Waals surface area contributed by atoms with Gasteiger partial charge in [0.05, 0.1) is 23.6 Å². The number of hydrogen-bond acceptors (Lipinski definition) is 5. The third kappa shape index (κ3) is 4.78. The lowest BCUT2D eigenvalue weighted by molar-refractivity contribution is 0.536. The molecule has 1 aliphatic heterocycles. The van der Waals surface area contributed by atoms with E-state index in [1.807, 2.05) is 24.3 Å². The zero-order valence-electron chi connectivity index (χ0n) is 21.7. The Labute approximate surface area is 215 Å². The van der Waals surface area contributed by atoms with Crippen LogP contribution in [-0.4, -0.2) is 42.2 Å². The van der Waals surface area contributed by atoms with E-state index in [9.17, 15) is 13.4 Å². The molecule has 0 bridgehead atoms. The summed E-state index contributed by atoms with van der Waals surface area (Å²) in [5.74, 6) is 0.414. The number of nitrogens with zero attached hydrogens (tertiary/aromatic N) is 5. The van der Waals surface area contributed by atoms with Crippen LogP contribution in [0.2, 0.25) is 0 Å². The zero-order chi connectivity index (χ0) is 26.5. The SMILES string of the molecule is Cc1cc(-n2nc3c(c2-n2ccn(-c4ccc(CN=S(C)(C)=O)cc4)c2=O)[C@H](C)NCC3)cc(C)c1F. The number of benzene rings is 2. The summed E-state index contributed by atoms with van der Waals surface area (Å²) in [4.78, 5) is 13.7. The topological polar surface area (TPSA) is 86.2 Å². The van der Waals surface area contributed by atoms with Gasteiger partial charge in [0.25, 0.3) is 0 Å². The normalized spacial score (nSPS) is 15.6. The highest BCUT2D eigenvalue weighted by molar-refractivity contribution is 7.92. The summed E-state index contributed by atoms with van der Waals surface area (Å²) in [6, 6.07) is 11.0. The Balaban J connectivity index is 1.62. The number of nitrogens with one attached hydrogen (secondary N) is 1. The van der Waals surface area contributed by atoms with Gasteiger partial charge in [-0.05, 0) is 61.7 Å². The minimum atomic E-state index is -2.18. The van der Waals surface area contributed by atoms with Crippen LogP contribution in [0.4, 0.5) is 4.39 Å². The second kappa shape index (κ2) is 9.42. The van der Waals surface area contributed by atoms with E-state index in [0.29, 0.717) is 34.9 Å². The highest BCUT2D eigenvalue weighted by atomic mass is 32.2. The summed E-state index contributed by atoms with van der Waals surface area (Å²) in [6.45, 7) is 6.68. The van der Waals surface area contributed by atoms with Crippen LogP contribution in [0.25, 0.3) is 17.2 Å². The molecule has 0 saturated carbocycles. The van der Waals surface area contributed by atoms with Crippen molar-refractivity contribution in [3.63, 3.8) is 0 Å². The average molecular weight is 523 g/mol. The second-order valence-electron chi connectivity index (χ2n) is 9.87. The zero-order valence-corrected chi connectivity index (χ0v) is 22.5. The summed E-state index contributed by atoms with van der Waals surface area (Å²) in [5.41, 5.74) is 5.05. The van der Waals surface area contributed by atoms with Crippen LogP contribution in [0, 0.1) is 19.7 Å². The van der Waals surface area contributed by atoms with Gasteiger partial charge in [0.2, 0.25) is 0 Å². The van der Waals surface area contributed by atoms with Crippen molar-refractivity contribution in [2.45, 2.75) is 39.8 Å². The molecule has 0 saturated heterocycles. The minimum Gasteiger partial charge on any atom is -0.310 e. The van der Waals surface area contributed by atoms with Crippen LogP contribution in [0.3, 0.4) is 0 Å². The first kappa shape index (κ1) is 25.2. The fourth-order valence-electron chi connectivity index (χ4n) is 4.79. The molecule has 2 aromatic carbocycles. The van der Waals surface area contributed by atoms with E-state index in [-0.39, 0.29) is 17.5 Å². The average Bonchev–Trinajstić information content (AvgIpc) is 3.42. The predicted octanol–water partition coefficient (Wildman–Crippen LogP) is 4.00. The lowest BCUT2D eigenvalue weighted by atomic mass is 10.0. The lowest BCUT2D eigenvalue weighted by Crippen LogP contribution is -2.30. The van der Waals surface area contributed by atoms with Crippen LogP contribution in [-0.2, 0) is 22.7 Å². The molecule has 4 aromatic rings. The molecule has 8 nitrogen and oxygen atoms in total. The molecular formula is C27H31FN6O2S. The fraction of sp³-hybridized carbons (Fsp3) is 0.333. The van der Waals surface area contributed by atoms with Crippen LogP contribution in [0.1, 0.15) is 40.9 Å². The largest absolute Gasteiger partial charge is 0.338 e. The molecule has 5 rings (SSSR count). The first-order valence-corrected chi connectivity index (χ1v) is 14.5. The molecule has 37 heavy (non-hydrogen) atoms. The van der Waals surface area contributed by atoms with Gasteiger partial charge in [0.15, 0.2) is 0 Å². The van der Waals surface area contributed by atoms with Crippen LogP contribution in [0.5, 0.6) is 0 Å². The van der Waals surface area contributed by atoms with Crippen molar-refractivity contribution in [3.8, 4) is 17.2 Å². The standard InChI is InChI=1S/C27H31FN6O2S/c1-17-14-22(15-18(2)25(17)28)34-26(24-19(3)29-11-10-23(24)31-34)33-13-12-32(27(33)35)21-8-6-20(7-9-21)16-30-37(4,5)36/h6-9,12-15,19,29H,10-11,16H2,1-5H3/t19-/m0/s1. The fourth-order valence-corrected chi connectivity index (χ4v) is 5.25. The van der Waals surface area contributed by atoms with E-state index in [1.165, 1.54) is 0 Å². The molecule has 2 aromatic heterocycles. The van der Waals surface area contributed by atoms with E-state index < -0.39 is 9.73 Å². The Kier molecular flexibility index (Phi) is 6.41. The van der Waals surface area contributed by atoms with Crippen LogP contribution < -0.4 is 11.0 Å². The van der Waals surface area contributed by atoms with Gasteiger partial charge in [-0.1, -0.05) is 12.1 Å². The quantitative estimate of drug-likeness (QED) is 0.429. The van der Waals surface area contributed by atoms with Crippen molar-refractivity contribution in [1.82, 2.24) is 24.2 Å². The third-order valence-electron chi connectivity index (χ3n) is 6.66. The van der Waals surface area contributed by atoms with Gasteiger partial charge in [0, 0.05) is 59.2 Å². The van der Waals surface area contributed by atoms with Crippen molar-refractivity contribution in [2.24, 2.45) is 4.36 Å². The molecule has 1 aliphatic rings. The number of imidazole rings is 1. The number of aryl methyl sites for hydroxylation is 2. The molecular weight excluding hydrogens is 491 g/mol. The molecule has 194 valence electrons. The second-order valence-corrected chi connectivity index (χ2v) is 12.5. The summed E-state index contributed by atoms with van der Waals surface area (Å²) in [5, 5.41) is 8.35. The van der Waals surface area contributed by atoms with E-state index in [4.69, 9.17) is 5.10 Å². The maximum atomic E-state index is 14.4. The van der Waals surface area contributed by atoms with Gasteiger partial charge >= 0.3 is 5.69 Å². The summed E-state index contributed by atoms with van der Waals surface area (Å²) >= 11 is 0. The first-order chi connectivity index (χ1) is 17.5. The maximum absolute atomic E-state index is 14.4. The van der Waals surface area contributed by atoms with E-state index in [1.54, 1.807) is 64.7 Å². The Bertz CT molecular complexity index is 1640. The Morgan fingerprint density at radius 1 is 1.08 bits per heavy atom. The molecule has 0 unspecified atom stereocenters. The molecule has 10 heteroatoms. The van der Waals surface area contributed by atoms with Crippen molar-refractivity contribution in [3.05, 3.63) is 93.0 Å². The van der Waals surface area contributed by atoms with Crippen molar-refractivity contribution in [1.29, 1.82) is 0 Å². The number of fused-ring (bicyclic) bond motifs is 1. The molecule has 0 aliphatic carbocycles. The molecule has 1 N–H and O–H groups in total. The molecule has 0 radical (unpaired) electrons. The summed E-state index contributed by atoms with van der Waals surface area (Å²) in [7, 11) is -2.18. The highest BCUT2D eigenvalue weighted by Gasteiger charge is 2.29. The predicted molar refractivity (Wildman–Crippen MR) is 144 cm³/mol. The number of hydrogen-bond donors (Lipinski definition) is 1. The monoisotopic (exact) mass is 522 g/mol. The highest BCUT2D eigenvalue weighted by Crippen LogP contribution is 2.31. The van der Waals surface area contributed by atoms with Crippen LogP contribution >= 0.6 is 0 Å². The number of rotatable bonds is 5. The molecule has 1 atom stereocenters. The first-order valence-electron chi connectivity index (χ1n) is 12.2. The van der Waals surface area contributed by atoms with Gasteiger partial charge in [-0.25, -0.2) is 18.2 Å². The van der Waals surface area contributed by atoms with Crippen molar-refractivity contribution in [2.75, 3.05) is 19.1 Å². The van der Waals surface area contributed by atoms with Crippen molar-refractivity contribution < 1.29 is 8.60 Å². The number of halogens is 1.